The fourth-order valence-electron chi connectivity index (χ4n) is 2.07. The van der Waals surface area contributed by atoms with Crippen LogP contribution in [0.5, 0.6) is 5.75 Å². The van der Waals surface area contributed by atoms with E-state index < -0.39 is 38.6 Å². The first-order chi connectivity index (χ1) is 10.8. The fraction of sp³-hybridized carbons (Fsp3) is 0. The molecule has 0 fully saturated rings. The van der Waals surface area contributed by atoms with Crippen LogP contribution >= 0.6 is 11.6 Å². The van der Waals surface area contributed by atoms with E-state index in [0.717, 1.165) is 12.1 Å². The Morgan fingerprint density at radius 3 is 2.39 bits per heavy atom. The number of nitro benzene ring substituents is 1. The number of nitrogens with one attached hydrogen (secondary N) is 1. The standard InChI is InChI=1S/C13H6ClN5O4/c14-7-1-2-8(20)10(11(7)19(22)23)9-5(3-15)12(17)18-13(21)6(9)4-16/h1-2,20H,(H3,17,18,21). The minimum Gasteiger partial charge on any atom is -0.507 e. The zero-order chi connectivity index (χ0) is 17.3. The molecule has 0 aliphatic carbocycles. The summed E-state index contributed by atoms with van der Waals surface area (Å²) >= 11 is 5.78. The van der Waals surface area contributed by atoms with Crippen molar-refractivity contribution in [3.05, 3.63) is 48.8 Å². The van der Waals surface area contributed by atoms with Gasteiger partial charge < -0.3 is 15.8 Å². The van der Waals surface area contributed by atoms with Gasteiger partial charge in [-0.25, -0.2) is 0 Å². The summed E-state index contributed by atoms with van der Waals surface area (Å²) in [5.41, 5.74) is 1.89. The summed E-state index contributed by atoms with van der Waals surface area (Å²) in [5, 5.41) is 39.3. The molecule has 23 heavy (non-hydrogen) atoms. The molecule has 10 heteroatoms. The number of nitrogens with zero attached hydrogens (tertiary/aromatic N) is 3. The van der Waals surface area contributed by atoms with Crippen molar-refractivity contribution in [2.75, 3.05) is 5.73 Å². The van der Waals surface area contributed by atoms with E-state index in [-0.39, 0.29) is 16.4 Å². The van der Waals surface area contributed by atoms with Gasteiger partial charge in [-0.15, -0.1) is 0 Å². The van der Waals surface area contributed by atoms with E-state index in [0.29, 0.717) is 0 Å². The maximum Gasteiger partial charge on any atom is 0.299 e. The average Bonchev–Trinajstić information content (AvgIpc) is 2.48. The number of aromatic nitrogens is 1. The van der Waals surface area contributed by atoms with Gasteiger partial charge in [-0.3, -0.25) is 14.9 Å². The Kier molecular flexibility index (Phi) is 3.90. The summed E-state index contributed by atoms with van der Waals surface area (Å²) in [6, 6.07) is 5.33. The third-order valence-electron chi connectivity index (χ3n) is 3.01. The van der Waals surface area contributed by atoms with Crippen molar-refractivity contribution in [2.24, 2.45) is 0 Å². The van der Waals surface area contributed by atoms with Crippen LogP contribution in [-0.2, 0) is 0 Å². The average molecular weight is 332 g/mol. The molecule has 2 aromatic rings. The molecule has 0 atom stereocenters. The number of halogens is 1. The number of nitriles is 2. The molecule has 0 radical (unpaired) electrons. The molecule has 0 saturated heterocycles. The molecule has 0 bridgehead atoms. The lowest BCUT2D eigenvalue weighted by atomic mass is 9.94. The smallest absolute Gasteiger partial charge is 0.299 e. The van der Waals surface area contributed by atoms with Crippen LogP contribution in [-0.4, -0.2) is 15.0 Å². The Labute approximate surface area is 132 Å². The summed E-state index contributed by atoms with van der Waals surface area (Å²) in [7, 11) is 0. The summed E-state index contributed by atoms with van der Waals surface area (Å²) in [4.78, 5) is 24.3. The van der Waals surface area contributed by atoms with Crippen molar-refractivity contribution in [3.63, 3.8) is 0 Å². The van der Waals surface area contributed by atoms with E-state index in [1.165, 1.54) is 0 Å². The summed E-state index contributed by atoms with van der Waals surface area (Å²) < 4.78 is 0. The number of nitro groups is 1. The number of pyridine rings is 1. The van der Waals surface area contributed by atoms with E-state index in [9.17, 15) is 25.3 Å². The first-order valence-electron chi connectivity index (χ1n) is 5.85. The Bertz CT molecular complexity index is 984. The highest BCUT2D eigenvalue weighted by molar-refractivity contribution is 6.33. The zero-order valence-corrected chi connectivity index (χ0v) is 11.9. The molecular formula is C13H6ClN5O4. The number of nitrogens with two attached hydrogens (primary N) is 1. The van der Waals surface area contributed by atoms with Gasteiger partial charge >= 0.3 is 0 Å². The number of anilines is 1. The fourth-order valence-corrected chi connectivity index (χ4v) is 2.30. The lowest BCUT2D eigenvalue weighted by Crippen LogP contribution is -2.16. The Morgan fingerprint density at radius 1 is 1.26 bits per heavy atom. The highest BCUT2D eigenvalue weighted by atomic mass is 35.5. The predicted octanol–water partition coefficient (Wildman–Crippen LogP) is 1.63. The lowest BCUT2D eigenvalue weighted by Gasteiger charge is -2.11. The number of aromatic amines is 1. The number of phenolic OH excluding ortho intramolecular Hbond substituents is 1. The van der Waals surface area contributed by atoms with Crippen LogP contribution in [0.3, 0.4) is 0 Å². The predicted molar refractivity (Wildman–Crippen MR) is 79.7 cm³/mol. The van der Waals surface area contributed by atoms with Gasteiger partial charge in [0.15, 0.2) is 0 Å². The molecule has 0 amide bonds. The SMILES string of the molecule is N#Cc1c(N)[nH]c(=O)c(C#N)c1-c1c(O)ccc(Cl)c1[N+](=O)[O-]. The van der Waals surface area contributed by atoms with Gasteiger partial charge in [0.25, 0.3) is 11.2 Å². The van der Waals surface area contributed by atoms with Crippen molar-refractivity contribution in [2.45, 2.75) is 0 Å². The highest BCUT2D eigenvalue weighted by Gasteiger charge is 2.30. The van der Waals surface area contributed by atoms with Crippen molar-refractivity contribution in [3.8, 4) is 29.0 Å². The van der Waals surface area contributed by atoms with Crippen LogP contribution < -0.4 is 11.3 Å². The normalized spacial score (nSPS) is 9.87. The second kappa shape index (κ2) is 5.67. The number of phenols is 1. The van der Waals surface area contributed by atoms with Crippen LogP contribution in [0.2, 0.25) is 5.02 Å². The van der Waals surface area contributed by atoms with Gasteiger partial charge in [0.05, 0.1) is 4.92 Å². The molecule has 0 aliphatic heterocycles. The first-order valence-corrected chi connectivity index (χ1v) is 6.23. The van der Waals surface area contributed by atoms with E-state index in [4.69, 9.17) is 22.6 Å². The maximum absolute atomic E-state index is 11.9. The van der Waals surface area contributed by atoms with Crippen molar-refractivity contribution >= 4 is 23.1 Å². The quantitative estimate of drug-likeness (QED) is 0.554. The van der Waals surface area contributed by atoms with Gasteiger partial charge in [0, 0.05) is 5.56 Å². The van der Waals surface area contributed by atoms with Gasteiger partial charge in [-0.1, -0.05) is 11.6 Å². The molecule has 4 N–H and O–H groups in total. The number of hydrogen-bond acceptors (Lipinski definition) is 7. The summed E-state index contributed by atoms with van der Waals surface area (Å²) in [6.07, 6.45) is 0. The summed E-state index contributed by atoms with van der Waals surface area (Å²) in [6.45, 7) is 0. The minimum absolute atomic E-state index is 0.338. The molecule has 0 spiro atoms. The molecule has 114 valence electrons. The molecule has 2 rings (SSSR count). The molecule has 1 aromatic heterocycles. The van der Waals surface area contributed by atoms with Crippen LogP contribution in [0.1, 0.15) is 11.1 Å². The summed E-state index contributed by atoms with van der Waals surface area (Å²) in [5.74, 6) is -1.01. The zero-order valence-electron chi connectivity index (χ0n) is 11.1. The third-order valence-corrected chi connectivity index (χ3v) is 3.31. The molecule has 0 saturated carbocycles. The third kappa shape index (κ3) is 2.41. The Hall–Kier alpha value is -3.56. The topological polar surface area (TPSA) is 170 Å². The maximum atomic E-state index is 11.9. The highest BCUT2D eigenvalue weighted by Crippen LogP contribution is 2.44. The van der Waals surface area contributed by atoms with Gasteiger partial charge in [-0.05, 0) is 12.1 Å². The Morgan fingerprint density at radius 2 is 1.87 bits per heavy atom. The van der Waals surface area contributed by atoms with Crippen LogP contribution in [0.4, 0.5) is 11.5 Å². The number of H-pyrrole nitrogens is 1. The number of nitrogen functional groups attached to an aromatic ring is 1. The van der Waals surface area contributed by atoms with E-state index >= 15 is 0 Å². The molecule has 0 unspecified atom stereocenters. The Balaban J connectivity index is 3.15. The van der Waals surface area contributed by atoms with E-state index in [2.05, 4.69) is 4.98 Å². The van der Waals surface area contributed by atoms with Crippen molar-refractivity contribution in [1.29, 1.82) is 10.5 Å². The van der Waals surface area contributed by atoms with Crippen LogP contribution in [0, 0.1) is 32.8 Å². The molecule has 9 nitrogen and oxygen atoms in total. The minimum atomic E-state index is -0.951. The van der Waals surface area contributed by atoms with E-state index in [1.54, 1.807) is 12.1 Å². The largest absolute Gasteiger partial charge is 0.507 e. The monoisotopic (exact) mass is 331 g/mol. The number of rotatable bonds is 2. The molecule has 0 aliphatic rings. The first kappa shape index (κ1) is 15.8. The number of hydrogen-bond donors (Lipinski definition) is 3. The number of aromatic hydroxyl groups is 1. The number of benzene rings is 1. The van der Waals surface area contributed by atoms with Gasteiger partial charge in [-0.2, -0.15) is 10.5 Å². The molecule has 1 aromatic carbocycles. The second-order valence-corrected chi connectivity index (χ2v) is 4.67. The van der Waals surface area contributed by atoms with Crippen LogP contribution in [0.25, 0.3) is 11.1 Å². The second-order valence-electron chi connectivity index (χ2n) is 4.26. The van der Waals surface area contributed by atoms with Crippen molar-refractivity contribution in [1.82, 2.24) is 4.98 Å². The lowest BCUT2D eigenvalue weighted by molar-refractivity contribution is -0.384. The van der Waals surface area contributed by atoms with E-state index in [1.807, 2.05) is 0 Å². The van der Waals surface area contributed by atoms with Gasteiger partial charge in [0.2, 0.25) is 0 Å². The molecule has 1 heterocycles. The van der Waals surface area contributed by atoms with Gasteiger partial charge in [0.1, 0.15) is 45.4 Å². The van der Waals surface area contributed by atoms with Crippen LogP contribution in [0.15, 0.2) is 16.9 Å². The van der Waals surface area contributed by atoms with Crippen molar-refractivity contribution < 1.29 is 10.0 Å². The molecular weight excluding hydrogens is 326 g/mol.